The minimum absolute atomic E-state index is 0.0387. The molecule has 0 aliphatic carbocycles. The number of hydrogen-bond acceptors (Lipinski definition) is 4. The average molecular weight is 318 g/mol. The van der Waals surface area contributed by atoms with E-state index in [0.717, 1.165) is 12.2 Å². The maximum Gasteiger partial charge on any atom is 0.158 e. The Morgan fingerprint density at radius 3 is 2.57 bits per heavy atom. The summed E-state index contributed by atoms with van der Waals surface area (Å²) < 4.78 is 35.5. The Morgan fingerprint density at radius 2 is 1.87 bits per heavy atom. The van der Waals surface area contributed by atoms with Gasteiger partial charge in [-0.25, -0.2) is 4.39 Å². The summed E-state index contributed by atoms with van der Waals surface area (Å²) in [5.41, 5.74) is 0. The van der Waals surface area contributed by atoms with Gasteiger partial charge in [-0.2, -0.15) is 0 Å². The monoisotopic (exact) mass is 318 g/mol. The number of halogens is 1. The maximum absolute atomic E-state index is 13.1. The van der Waals surface area contributed by atoms with Crippen molar-refractivity contribution in [2.75, 3.05) is 13.2 Å². The molecule has 0 aromatic heterocycles. The molecule has 1 aliphatic rings. The molecule has 4 nitrogen and oxygen atoms in total. The van der Waals surface area contributed by atoms with E-state index in [9.17, 15) is 4.39 Å². The molecule has 0 N–H and O–H groups in total. The maximum atomic E-state index is 13.1. The van der Waals surface area contributed by atoms with Crippen molar-refractivity contribution in [1.29, 1.82) is 0 Å². The molecule has 0 saturated carbocycles. The zero-order valence-corrected chi connectivity index (χ0v) is 12.9. The van der Waals surface area contributed by atoms with E-state index in [2.05, 4.69) is 0 Å². The van der Waals surface area contributed by atoms with E-state index >= 15 is 0 Å². The molecule has 5 heteroatoms. The minimum Gasteiger partial charge on any atom is -0.491 e. The molecule has 2 aromatic carbocycles. The second-order valence-electron chi connectivity index (χ2n) is 5.27. The predicted molar refractivity (Wildman–Crippen MR) is 83.3 cm³/mol. The van der Waals surface area contributed by atoms with Crippen LogP contribution in [0.25, 0.3) is 0 Å². The third kappa shape index (κ3) is 4.43. The highest BCUT2D eigenvalue weighted by Crippen LogP contribution is 2.24. The lowest BCUT2D eigenvalue weighted by atomic mass is 10.3. The van der Waals surface area contributed by atoms with Crippen LogP contribution in [-0.4, -0.2) is 25.6 Å². The van der Waals surface area contributed by atoms with Crippen molar-refractivity contribution in [1.82, 2.24) is 0 Å². The van der Waals surface area contributed by atoms with E-state index in [1.807, 2.05) is 19.1 Å². The molecule has 1 aliphatic heterocycles. The van der Waals surface area contributed by atoms with Crippen LogP contribution in [0.5, 0.6) is 17.2 Å². The van der Waals surface area contributed by atoms with Crippen LogP contribution in [0.2, 0.25) is 0 Å². The molecular formula is C18H19FO4. The van der Waals surface area contributed by atoms with Crippen molar-refractivity contribution < 1.29 is 23.3 Å². The molecule has 0 bridgehead atoms. The zero-order chi connectivity index (χ0) is 16.1. The van der Waals surface area contributed by atoms with Crippen LogP contribution >= 0.6 is 0 Å². The highest BCUT2D eigenvalue weighted by molar-refractivity contribution is 5.35. The molecule has 2 aromatic rings. The fraction of sp³-hybridized carbons (Fsp3) is 0.333. The van der Waals surface area contributed by atoms with Gasteiger partial charge in [-0.15, -0.1) is 0 Å². The highest BCUT2D eigenvalue weighted by Gasteiger charge is 2.24. The smallest absolute Gasteiger partial charge is 0.158 e. The van der Waals surface area contributed by atoms with Crippen molar-refractivity contribution in [2.24, 2.45) is 0 Å². The highest BCUT2D eigenvalue weighted by atomic mass is 19.1. The van der Waals surface area contributed by atoms with E-state index in [4.69, 9.17) is 18.9 Å². The van der Waals surface area contributed by atoms with Crippen LogP contribution in [-0.2, 0) is 9.47 Å². The zero-order valence-electron chi connectivity index (χ0n) is 12.9. The summed E-state index contributed by atoms with van der Waals surface area (Å²) in [6, 6.07) is 13.2. The Balaban J connectivity index is 1.51. The van der Waals surface area contributed by atoms with E-state index in [1.165, 1.54) is 12.1 Å². The number of ether oxygens (including phenoxy) is 4. The second-order valence-corrected chi connectivity index (χ2v) is 5.27. The topological polar surface area (TPSA) is 36.9 Å². The molecule has 0 spiro atoms. The minimum atomic E-state index is -0.327. The quantitative estimate of drug-likeness (QED) is 0.802. The van der Waals surface area contributed by atoms with Gasteiger partial charge in [0.15, 0.2) is 6.29 Å². The molecular weight excluding hydrogens is 299 g/mol. The van der Waals surface area contributed by atoms with Crippen LogP contribution in [0.3, 0.4) is 0 Å². The largest absolute Gasteiger partial charge is 0.491 e. The number of rotatable bonds is 6. The summed E-state index contributed by atoms with van der Waals surface area (Å²) in [6.07, 6.45) is 0.677. The molecule has 1 fully saturated rings. The summed E-state index contributed by atoms with van der Waals surface area (Å²) in [6.45, 7) is 3.02. The Labute approximate surface area is 134 Å². The van der Waals surface area contributed by atoms with Gasteiger partial charge in [0.05, 0.1) is 6.61 Å². The lowest BCUT2D eigenvalue weighted by molar-refractivity contribution is -0.0642. The predicted octanol–water partition coefficient (Wildman–Crippen LogP) is 4.15. The average Bonchev–Trinajstić information content (AvgIpc) is 3.02. The molecule has 1 heterocycles. The summed E-state index contributed by atoms with van der Waals surface area (Å²) in [4.78, 5) is 0. The first-order valence-corrected chi connectivity index (χ1v) is 7.66. The van der Waals surface area contributed by atoms with Gasteiger partial charge in [0.25, 0.3) is 0 Å². The van der Waals surface area contributed by atoms with Crippen LogP contribution < -0.4 is 9.47 Å². The van der Waals surface area contributed by atoms with Crippen LogP contribution in [0.15, 0.2) is 48.5 Å². The van der Waals surface area contributed by atoms with Gasteiger partial charge < -0.3 is 18.9 Å². The molecule has 2 atom stereocenters. The standard InChI is InChI=1S/C18H19FO4/c1-2-18-21-12-17(23-18)11-20-14-6-8-15(9-7-14)22-16-5-3-4-13(19)10-16/h3-10,17-18H,2,11-12H2,1H3. The third-order valence-electron chi connectivity index (χ3n) is 3.44. The molecule has 2 unspecified atom stereocenters. The molecule has 0 amide bonds. The SMILES string of the molecule is CCC1OCC(COc2ccc(Oc3cccc(F)c3)cc2)O1. The third-order valence-corrected chi connectivity index (χ3v) is 3.44. The lowest BCUT2D eigenvalue weighted by Gasteiger charge is -2.12. The number of benzene rings is 2. The fourth-order valence-electron chi connectivity index (χ4n) is 2.27. The summed E-state index contributed by atoms with van der Waals surface area (Å²) in [5, 5.41) is 0. The molecule has 0 radical (unpaired) electrons. The first-order chi connectivity index (χ1) is 11.2. The van der Waals surface area contributed by atoms with Crippen LogP contribution in [0.4, 0.5) is 4.39 Å². The van der Waals surface area contributed by atoms with Crippen molar-refractivity contribution in [3.05, 3.63) is 54.3 Å². The van der Waals surface area contributed by atoms with E-state index in [-0.39, 0.29) is 18.2 Å². The lowest BCUT2D eigenvalue weighted by Crippen LogP contribution is -2.20. The molecule has 3 rings (SSSR count). The van der Waals surface area contributed by atoms with Crippen molar-refractivity contribution >= 4 is 0 Å². The van der Waals surface area contributed by atoms with Gasteiger partial charge in [-0.05, 0) is 42.8 Å². The van der Waals surface area contributed by atoms with E-state index in [1.54, 1.807) is 24.3 Å². The van der Waals surface area contributed by atoms with Crippen molar-refractivity contribution in [3.63, 3.8) is 0 Å². The van der Waals surface area contributed by atoms with Gasteiger partial charge >= 0.3 is 0 Å². The summed E-state index contributed by atoms with van der Waals surface area (Å²) in [5.74, 6) is 1.47. The van der Waals surface area contributed by atoms with Crippen molar-refractivity contribution in [2.45, 2.75) is 25.7 Å². The fourth-order valence-corrected chi connectivity index (χ4v) is 2.27. The summed E-state index contributed by atoms with van der Waals surface area (Å²) >= 11 is 0. The summed E-state index contributed by atoms with van der Waals surface area (Å²) in [7, 11) is 0. The van der Waals surface area contributed by atoms with Gasteiger partial charge in [-0.1, -0.05) is 13.0 Å². The Morgan fingerprint density at radius 1 is 1.09 bits per heavy atom. The van der Waals surface area contributed by atoms with Crippen molar-refractivity contribution in [3.8, 4) is 17.2 Å². The van der Waals surface area contributed by atoms with Gasteiger partial charge in [0, 0.05) is 6.07 Å². The normalized spacial score (nSPS) is 20.4. The molecule has 23 heavy (non-hydrogen) atoms. The molecule has 1 saturated heterocycles. The Bertz CT molecular complexity index is 629. The van der Waals surface area contributed by atoms with Crippen LogP contribution in [0.1, 0.15) is 13.3 Å². The van der Waals surface area contributed by atoms with Gasteiger partial charge in [0.2, 0.25) is 0 Å². The van der Waals surface area contributed by atoms with E-state index < -0.39 is 0 Å². The second kappa shape index (κ2) is 7.44. The van der Waals surface area contributed by atoms with E-state index in [0.29, 0.717) is 24.7 Å². The first-order valence-electron chi connectivity index (χ1n) is 7.66. The van der Waals surface area contributed by atoms with Crippen LogP contribution in [0, 0.1) is 5.82 Å². The first kappa shape index (κ1) is 15.8. The Hall–Kier alpha value is -2.11. The van der Waals surface area contributed by atoms with Gasteiger partial charge in [-0.3, -0.25) is 0 Å². The Kier molecular flexibility index (Phi) is 5.10. The van der Waals surface area contributed by atoms with Gasteiger partial charge in [0.1, 0.15) is 35.8 Å². The molecule has 122 valence electrons. The number of hydrogen-bond donors (Lipinski definition) is 0.